The molecule has 1 atom stereocenters. The predicted molar refractivity (Wildman–Crippen MR) is 123 cm³/mol. The first-order valence-corrected chi connectivity index (χ1v) is 11.2. The van der Waals surface area contributed by atoms with Crippen LogP contribution in [-0.2, 0) is 11.2 Å². The number of carbonyl (C=O) groups excluding carboxylic acids is 1. The average Bonchev–Trinajstić information content (AvgIpc) is 3.19. The van der Waals surface area contributed by atoms with Crippen LogP contribution in [-0.4, -0.2) is 38.6 Å². The Morgan fingerprint density at radius 3 is 2.66 bits per heavy atom. The van der Waals surface area contributed by atoms with Gasteiger partial charge in [0.1, 0.15) is 11.6 Å². The quantitative estimate of drug-likeness (QED) is 0.440. The summed E-state index contributed by atoms with van der Waals surface area (Å²) in [6.45, 7) is 1.48. The van der Waals surface area contributed by atoms with Crippen LogP contribution >= 0.6 is 0 Å². The molecule has 0 spiro atoms. The van der Waals surface area contributed by atoms with Gasteiger partial charge in [-0.2, -0.15) is 5.10 Å². The van der Waals surface area contributed by atoms with Crippen molar-refractivity contribution in [2.24, 2.45) is 11.3 Å². The Morgan fingerprint density at radius 1 is 1.09 bits per heavy atom. The van der Waals surface area contributed by atoms with Crippen molar-refractivity contribution in [1.82, 2.24) is 25.1 Å². The van der Waals surface area contributed by atoms with Crippen molar-refractivity contribution in [2.75, 3.05) is 13.1 Å². The van der Waals surface area contributed by atoms with Crippen LogP contribution in [0, 0.1) is 11.3 Å². The van der Waals surface area contributed by atoms with Gasteiger partial charge in [0, 0.05) is 36.0 Å². The van der Waals surface area contributed by atoms with E-state index in [4.69, 9.17) is 0 Å². The van der Waals surface area contributed by atoms with E-state index >= 15 is 0 Å². The summed E-state index contributed by atoms with van der Waals surface area (Å²) in [5, 5.41) is 11.4. The van der Waals surface area contributed by atoms with Crippen molar-refractivity contribution < 1.29 is 4.79 Å². The summed E-state index contributed by atoms with van der Waals surface area (Å²) in [4.78, 5) is 29.0. The highest BCUT2D eigenvalue weighted by atomic mass is 16.2. The molecule has 162 valence electrons. The molecule has 2 fully saturated rings. The summed E-state index contributed by atoms with van der Waals surface area (Å²) >= 11 is 0. The molecule has 2 aromatic heterocycles. The van der Waals surface area contributed by atoms with Gasteiger partial charge in [-0.25, -0.2) is 14.5 Å². The molecule has 4 aromatic rings. The summed E-state index contributed by atoms with van der Waals surface area (Å²) in [5.74, 6) is 1.14. The van der Waals surface area contributed by atoms with Crippen LogP contribution in [0.5, 0.6) is 0 Å². The molecular weight excluding hydrogens is 402 g/mol. The minimum Gasteiger partial charge on any atom is -0.361 e. The van der Waals surface area contributed by atoms with E-state index < -0.39 is 5.41 Å². The Morgan fingerprint density at radius 2 is 1.91 bits per heavy atom. The summed E-state index contributed by atoms with van der Waals surface area (Å²) in [6, 6.07) is 16.3. The Hall–Kier alpha value is -3.45. The summed E-state index contributed by atoms with van der Waals surface area (Å²) in [6.07, 6.45) is 5.18. The lowest BCUT2D eigenvalue weighted by molar-refractivity contribution is -0.129. The van der Waals surface area contributed by atoms with E-state index in [2.05, 4.69) is 44.8 Å². The van der Waals surface area contributed by atoms with E-state index in [9.17, 15) is 9.59 Å². The molecule has 2 aliphatic rings. The molecule has 6 rings (SSSR count). The smallest absolute Gasteiger partial charge is 0.347 e. The molecule has 7 nitrogen and oxygen atoms in total. The lowest BCUT2D eigenvalue weighted by atomic mass is 9.77. The number of carbonyl (C=O) groups is 1. The molecule has 1 aliphatic heterocycles. The third kappa shape index (κ3) is 3.20. The molecule has 2 aromatic carbocycles. The van der Waals surface area contributed by atoms with E-state index in [0.29, 0.717) is 24.6 Å². The minimum absolute atomic E-state index is 0.185. The van der Waals surface area contributed by atoms with Crippen molar-refractivity contribution in [3.05, 3.63) is 71.0 Å². The van der Waals surface area contributed by atoms with Gasteiger partial charge in [0.05, 0.1) is 5.69 Å². The molecule has 3 heterocycles. The monoisotopic (exact) mass is 427 g/mol. The van der Waals surface area contributed by atoms with Crippen LogP contribution in [0.25, 0.3) is 27.7 Å². The van der Waals surface area contributed by atoms with Crippen molar-refractivity contribution in [1.29, 1.82) is 0 Å². The van der Waals surface area contributed by atoms with Crippen LogP contribution in [0.4, 0.5) is 0 Å². The third-order valence-corrected chi connectivity index (χ3v) is 6.97. The third-order valence-electron chi connectivity index (χ3n) is 6.97. The van der Waals surface area contributed by atoms with Crippen molar-refractivity contribution in [2.45, 2.75) is 25.7 Å². The first kappa shape index (κ1) is 19.3. The van der Waals surface area contributed by atoms with Crippen LogP contribution in [0.3, 0.4) is 0 Å². The largest absolute Gasteiger partial charge is 0.361 e. The maximum absolute atomic E-state index is 13.1. The number of ketones is 1. The molecule has 3 N–H and O–H groups in total. The summed E-state index contributed by atoms with van der Waals surface area (Å²) in [7, 11) is 0. The predicted octanol–water partition coefficient (Wildman–Crippen LogP) is 3.21. The number of aromatic nitrogens is 4. The zero-order chi connectivity index (χ0) is 21.7. The number of hydrogen-bond donors (Lipinski definition) is 3. The van der Waals surface area contributed by atoms with Crippen LogP contribution in [0.1, 0.15) is 25.1 Å². The topological polar surface area (TPSA) is 95.6 Å². The van der Waals surface area contributed by atoms with Crippen LogP contribution < -0.4 is 11.0 Å². The maximum atomic E-state index is 13.1. The minimum atomic E-state index is -0.462. The van der Waals surface area contributed by atoms with E-state index in [1.807, 2.05) is 30.5 Å². The highest BCUT2D eigenvalue weighted by molar-refractivity contribution is 5.89. The number of nitrogens with zero attached hydrogens (tertiary/aromatic N) is 2. The van der Waals surface area contributed by atoms with E-state index in [-0.39, 0.29) is 11.6 Å². The second-order valence-electron chi connectivity index (χ2n) is 9.13. The highest BCUT2D eigenvalue weighted by Crippen LogP contribution is 2.41. The summed E-state index contributed by atoms with van der Waals surface area (Å²) < 4.78 is 1.61. The number of hydrogen-bond acceptors (Lipinski definition) is 4. The number of fused-ring (bicyclic) bond motifs is 1. The lowest BCUT2D eigenvalue weighted by Crippen LogP contribution is -2.38. The van der Waals surface area contributed by atoms with Crippen molar-refractivity contribution in [3.8, 4) is 16.8 Å². The van der Waals surface area contributed by atoms with Crippen molar-refractivity contribution >= 4 is 16.7 Å². The second kappa shape index (κ2) is 7.31. The fourth-order valence-electron chi connectivity index (χ4n) is 5.02. The van der Waals surface area contributed by atoms with Gasteiger partial charge in [-0.15, -0.1) is 0 Å². The average molecular weight is 428 g/mol. The standard InChI is InChI=1S/C25H25N5O2/c31-23(18-2-3-18)25(10-12-26-15-25)14-22-28-29-24(32)30(22)20-7-5-16(6-8-20)19-4-1-17-9-11-27-21(17)13-19/h1,4-9,11,13,18,26-27H,2-3,10,12,14-15H2,(H,29,32)/t25-/m0/s1. The Bertz CT molecular complexity index is 1350. The number of H-pyrrole nitrogens is 2. The molecule has 0 amide bonds. The summed E-state index contributed by atoms with van der Waals surface area (Å²) in [5.41, 5.74) is 3.29. The molecule has 7 heteroatoms. The number of rotatable bonds is 6. The molecule has 1 saturated carbocycles. The normalized spacial score (nSPS) is 20.8. The number of benzene rings is 2. The van der Waals surface area contributed by atoms with Crippen LogP contribution in [0.15, 0.2) is 59.5 Å². The first-order chi connectivity index (χ1) is 15.6. The zero-order valence-electron chi connectivity index (χ0n) is 17.7. The molecule has 32 heavy (non-hydrogen) atoms. The number of Topliss-reactive ketones (excluding diaryl/α,β-unsaturated/α-hetero) is 1. The number of aromatic amines is 2. The van der Waals surface area contributed by atoms with Gasteiger partial charge in [-0.05, 0) is 66.6 Å². The van der Waals surface area contributed by atoms with E-state index in [1.165, 1.54) is 5.39 Å². The Labute approximate surface area is 184 Å². The first-order valence-electron chi connectivity index (χ1n) is 11.2. The SMILES string of the molecule is O=C(C1CC1)[C@]1(Cc2n[nH]c(=O)n2-c2ccc(-c3ccc4cc[nH]c4c3)cc2)CCNC1. The lowest BCUT2D eigenvalue weighted by Gasteiger charge is -2.26. The molecular formula is C25H25N5O2. The van der Waals surface area contributed by atoms with Crippen molar-refractivity contribution in [3.63, 3.8) is 0 Å². The zero-order valence-corrected chi connectivity index (χ0v) is 17.7. The fraction of sp³-hybridized carbons (Fsp3) is 0.320. The van der Waals surface area contributed by atoms with E-state index in [0.717, 1.165) is 48.1 Å². The van der Waals surface area contributed by atoms with Gasteiger partial charge >= 0.3 is 5.69 Å². The molecule has 0 bridgehead atoms. The molecule has 0 unspecified atom stereocenters. The van der Waals surface area contributed by atoms with Gasteiger partial charge in [0.2, 0.25) is 0 Å². The van der Waals surface area contributed by atoms with Crippen LogP contribution in [0.2, 0.25) is 0 Å². The number of nitrogens with one attached hydrogen (secondary N) is 3. The molecule has 0 radical (unpaired) electrons. The Kier molecular flexibility index (Phi) is 4.40. The van der Waals surface area contributed by atoms with E-state index in [1.54, 1.807) is 4.57 Å². The maximum Gasteiger partial charge on any atom is 0.347 e. The van der Waals surface area contributed by atoms with Gasteiger partial charge in [-0.3, -0.25) is 4.79 Å². The highest BCUT2D eigenvalue weighted by Gasteiger charge is 2.48. The van der Waals surface area contributed by atoms with Gasteiger partial charge < -0.3 is 10.3 Å². The Balaban J connectivity index is 1.32. The van der Waals surface area contributed by atoms with Gasteiger partial charge in [0.25, 0.3) is 0 Å². The second-order valence-corrected chi connectivity index (χ2v) is 9.13. The van der Waals surface area contributed by atoms with Gasteiger partial charge in [-0.1, -0.05) is 24.3 Å². The molecule has 1 aliphatic carbocycles. The fourth-order valence-corrected chi connectivity index (χ4v) is 5.02. The molecule has 1 saturated heterocycles. The van der Waals surface area contributed by atoms with Gasteiger partial charge in [0.15, 0.2) is 0 Å².